The number of hydrogen-bond donors (Lipinski definition) is 0. The van der Waals surface area contributed by atoms with Gasteiger partial charge in [0.1, 0.15) is 17.5 Å². The fraction of sp³-hybridized carbons (Fsp3) is 0.267. The molecule has 10 heteroatoms. The quantitative estimate of drug-likeness (QED) is 0.290. The van der Waals surface area contributed by atoms with Crippen LogP contribution >= 0.6 is 11.6 Å². The lowest BCUT2D eigenvalue weighted by molar-refractivity contribution is -0.126. The number of carbonyl (C=O) groups excluding carboxylic acids is 1. The minimum absolute atomic E-state index is 0.00715. The smallest absolute Gasteiger partial charge is 0.350 e. The standard InChI is InChI=1S/C30H28ClF2N5O2/c1-5-26(39)36-12-13-37(18(4)16-36)28-22-15-23(31)27(21-11-10-19(32)14-24(21)33)34-29(22)38(30(40)35-28)25-9-7-6-8-20(25)17(2)3/h5-11,14-15,17-18H,1,12-13,16H2,2-4H3/t18-/m0/s1. The zero-order valence-corrected chi connectivity index (χ0v) is 23.1. The third kappa shape index (κ3) is 4.86. The Morgan fingerprint density at radius 1 is 1.12 bits per heavy atom. The summed E-state index contributed by atoms with van der Waals surface area (Å²) in [6.45, 7) is 10.8. The molecule has 0 radical (unpaired) electrons. The molecule has 0 spiro atoms. The second-order valence-corrected chi connectivity index (χ2v) is 10.5. The third-order valence-electron chi connectivity index (χ3n) is 7.17. The minimum Gasteiger partial charge on any atom is -0.350 e. The Kier molecular flexibility index (Phi) is 7.42. The first kappa shape index (κ1) is 27.5. The number of fused-ring (bicyclic) bond motifs is 1. The highest BCUT2D eigenvalue weighted by atomic mass is 35.5. The van der Waals surface area contributed by atoms with Gasteiger partial charge in [-0.3, -0.25) is 4.79 Å². The minimum atomic E-state index is -0.823. The fourth-order valence-electron chi connectivity index (χ4n) is 5.19. The molecule has 1 amide bonds. The molecule has 3 heterocycles. The molecule has 1 aliphatic heterocycles. The van der Waals surface area contributed by atoms with Crippen LogP contribution in [0.15, 0.2) is 66.0 Å². The van der Waals surface area contributed by atoms with Gasteiger partial charge in [-0.1, -0.05) is 50.2 Å². The van der Waals surface area contributed by atoms with Crippen molar-refractivity contribution < 1.29 is 13.6 Å². The average molecular weight is 564 g/mol. The summed E-state index contributed by atoms with van der Waals surface area (Å²) in [5, 5.41) is 0.612. The number of nitrogens with zero attached hydrogens (tertiary/aromatic N) is 5. The van der Waals surface area contributed by atoms with E-state index < -0.39 is 17.3 Å². The Morgan fingerprint density at radius 3 is 2.55 bits per heavy atom. The molecular formula is C30H28ClF2N5O2. The molecule has 1 atom stereocenters. The van der Waals surface area contributed by atoms with Crippen molar-refractivity contribution in [2.24, 2.45) is 0 Å². The van der Waals surface area contributed by atoms with Crippen molar-refractivity contribution in [3.05, 3.63) is 93.9 Å². The summed E-state index contributed by atoms with van der Waals surface area (Å²) in [6.07, 6.45) is 1.28. The van der Waals surface area contributed by atoms with Gasteiger partial charge in [-0.15, -0.1) is 0 Å². The van der Waals surface area contributed by atoms with Crippen LogP contribution in [0.2, 0.25) is 5.02 Å². The molecule has 0 N–H and O–H groups in total. The molecule has 2 aromatic carbocycles. The van der Waals surface area contributed by atoms with Gasteiger partial charge in [-0.25, -0.2) is 23.1 Å². The van der Waals surface area contributed by atoms with E-state index in [-0.39, 0.29) is 39.8 Å². The van der Waals surface area contributed by atoms with Gasteiger partial charge >= 0.3 is 5.69 Å². The predicted octanol–water partition coefficient (Wildman–Crippen LogP) is 5.73. The maximum absolute atomic E-state index is 14.9. The lowest BCUT2D eigenvalue weighted by Gasteiger charge is -2.40. The summed E-state index contributed by atoms with van der Waals surface area (Å²) in [5.41, 5.74) is 1.26. The van der Waals surface area contributed by atoms with E-state index >= 15 is 0 Å². The highest BCUT2D eigenvalue weighted by molar-refractivity contribution is 6.33. The van der Waals surface area contributed by atoms with Crippen LogP contribution in [0.1, 0.15) is 32.3 Å². The highest BCUT2D eigenvalue weighted by Gasteiger charge is 2.30. The summed E-state index contributed by atoms with van der Waals surface area (Å²) in [4.78, 5) is 38.9. The first-order valence-corrected chi connectivity index (χ1v) is 13.3. The van der Waals surface area contributed by atoms with Gasteiger partial charge < -0.3 is 9.80 Å². The van der Waals surface area contributed by atoms with E-state index in [9.17, 15) is 18.4 Å². The Hall–Kier alpha value is -4.11. The van der Waals surface area contributed by atoms with Crippen molar-refractivity contribution in [3.63, 3.8) is 0 Å². The lowest BCUT2D eigenvalue weighted by Crippen LogP contribution is -2.54. The topological polar surface area (TPSA) is 71.3 Å². The second-order valence-electron chi connectivity index (χ2n) is 10.1. The zero-order chi connectivity index (χ0) is 28.7. The molecule has 1 saturated heterocycles. The van der Waals surface area contributed by atoms with Crippen LogP contribution in [-0.2, 0) is 4.79 Å². The second kappa shape index (κ2) is 10.8. The fourth-order valence-corrected chi connectivity index (χ4v) is 5.45. The van der Waals surface area contributed by atoms with Crippen LogP contribution in [0.25, 0.3) is 28.0 Å². The number of halogens is 3. The normalized spacial score (nSPS) is 15.6. The summed E-state index contributed by atoms with van der Waals surface area (Å²) in [6, 6.07) is 12.1. The number of pyridine rings is 1. The first-order valence-electron chi connectivity index (χ1n) is 13.0. The Labute approximate surface area is 235 Å². The molecule has 0 saturated carbocycles. The number of aromatic nitrogens is 3. The van der Waals surface area contributed by atoms with Gasteiger partial charge in [0.05, 0.1) is 21.8 Å². The molecule has 4 aromatic rings. The molecule has 7 nitrogen and oxygen atoms in total. The van der Waals surface area contributed by atoms with Crippen molar-refractivity contribution in [1.82, 2.24) is 19.4 Å². The predicted molar refractivity (Wildman–Crippen MR) is 153 cm³/mol. The maximum Gasteiger partial charge on any atom is 0.355 e. The van der Waals surface area contributed by atoms with Gasteiger partial charge in [-0.2, -0.15) is 4.98 Å². The van der Waals surface area contributed by atoms with Gasteiger partial charge in [-0.05, 0) is 48.7 Å². The van der Waals surface area contributed by atoms with E-state index in [2.05, 4.69) is 11.6 Å². The zero-order valence-electron chi connectivity index (χ0n) is 22.4. The van der Waals surface area contributed by atoms with Crippen molar-refractivity contribution in [1.29, 1.82) is 0 Å². The molecule has 206 valence electrons. The molecule has 1 fully saturated rings. The van der Waals surface area contributed by atoms with Crippen molar-refractivity contribution in [2.45, 2.75) is 32.7 Å². The number of anilines is 1. The largest absolute Gasteiger partial charge is 0.355 e. The van der Waals surface area contributed by atoms with E-state index in [1.165, 1.54) is 16.7 Å². The number of para-hydroxylation sites is 1. The maximum atomic E-state index is 14.9. The number of rotatable bonds is 5. The van der Waals surface area contributed by atoms with Gasteiger partial charge in [0.15, 0.2) is 5.65 Å². The number of carbonyl (C=O) groups is 1. The molecule has 40 heavy (non-hydrogen) atoms. The van der Waals surface area contributed by atoms with E-state index in [1.807, 2.05) is 49.9 Å². The van der Waals surface area contributed by atoms with Crippen molar-refractivity contribution >= 4 is 34.4 Å². The van der Waals surface area contributed by atoms with Crippen LogP contribution in [-0.4, -0.2) is 51.0 Å². The molecule has 0 unspecified atom stereocenters. The number of amides is 1. The molecule has 0 bridgehead atoms. The molecule has 0 aliphatic carbocycles. The molecule has 5 rings (SSSR count). The summed E-state index contributed by atoms with van der Waals surface area (Å²) >= 11 is 6.68. The number of piperazine rings is 1. The van der Waals surface area contributed by atoms with Gasteiger partial charge in [0.25, 0.3) is 0 Å². The molecule has 2 aromatic heterocycles. The van der Waals surface area contributed by atoms with Crippen molar-refractivity contribution in [2.75, 3.05) is 24.5 Å². The Bertz CT molecular complexity index is 1700. The first-order chi connectivity index (χ1) is 19.1. The average Bonchev–Trinajstić information content (AvgIpc) is 2.92. The number of hydrogen-bond acceptors (Lipinski definition) is 5. The summed E-state index contributed by atoms with van der Waals surface area (Å²) in [5.74, 6) is -1.26. The van der Waals surface area contributed by atoms with Crippen LogP contribution in [0.5, 0.6) is 0 Å². The molecular weight excluding hydrogens is 536 g/mol. The van der Waals surface area contributed by atoms with E-state index in [4.69, 9.17) is 16.6 Å². The van der Waals surface area contributed by atoms with E-state index in [1.54, 1.807) is 11.0 Å². The van der Waals surface area contributed by atoms with Gasteiger partial charge in [0, 0.05) is 37.3 Å². The lowest BCUT2D eigenvalue weighted by atomic mass is 10.0. The van der Waals surface area contributed by atoms with Crippen LogP contribution in [0.3, 0.4) is 0 Å². The van der Waals surface area contributed by atoms with Crippen LogP contribution < -0.4 is 10.6 Å². The number of benzene rings is 2. The Balaban J connectivity index is 1.79. The van der Waals surface area contributed by atoms with Crippen LogP contribution in [0.4, 0.5) is 14.6 Å². The monoisotopic (exact) mass is 563 g/mol. The van der Waals surface area contributed by atoms with E-state index in [0.717, 1.165) is 17.7 Å². The summed E-state index contributed by atoms with van der Waals surface area (Å²) < 4.78 is 30.0. The van der Waals surface area contributed by atoms with Crippen LogP contribution in [0, 0.1) is 11.6 Å². The third-order valence-corrected chi connectivity index (χ3v) is 7.46. The van der Waals surface area contributed by atoms with Crippen molar-refractivity contribution in [3.8, 4) is 16.9 Å². The highest BCUT2D eigenvalue weighted by Crippen LogP contribution is 2.36. The summed E-state index contributed by atoms with van der Waals surface area (Å²) in [7, 11) is 0. The van der Waals surface area contributed by atoms with E-state index in [0.29, 0.717) is 36.5 Å². The molecule has 1 aliphatic rings. The van der Waals surface area contributed by atoms with Gasteiger partial charge in [0.2, 0.25) is 5.91 Å². The Morgan fingerprint density at radius 2 is 1.88 bits per heavy atom. The SMILES string of the molecule is C=CC(=O)N1CCN(c2nc(=O)n(-c3ccccc3C(C)C)c3nc(-c4ccc(F)cc4F)c(Cl)cc23)[C@@H](C)C1.